The fourth-order valence-electron chi connectivity index (χ4n) is 4.31. The highest BCUT2D eigenvalue weighted by Gasteiger charge is 2.51. The molecule has 1 atom stereocenters. The van der Waals surface area contributed by atoms with Crippen molar-refractivity contribution < 1.29 is 23.1 Å². The van der Waals surface area contributed by atoms with Crippen LogP contribution in [-0.2, 0) is 15.5 Å². The molecule has 2 fully saturated rings. The highest BCUT2D eigenvalue weighted by Crippen LogP contribution is 2.64. The second kappa shape index (κ2) is 8.46. The first-order valence-electron chi connectivity index (χ1n) is 11.3. The van der Waals surface area contributed by atoms with Crippen LogP contribution in [0.1, 0.15) is 23.7 Å². The first kappa shape index (κ1) is 22.2. The standard InChI is InChI=1S/C23H21FN5O5P/c24-16-13-25-23(26-14-16)15-1-3-17(4-2-15)33-22-19-6-8-21(18(19)5-7-20(22)29(30)31)34-35(32,27-9-10-27)28-11-12-28/h1-5,7,13-14,21H,6,8-12H2/t21-/m1/s1. The van der Waals surface area contributed by atoms with Crippen molar-refractivity contribution in [2.75, 3.05) is 26.2 Å². The smallest absolute Gasteiger partial charge is 0.346 e. The summed E-state index contributed by atoms with van der Waals surface area (Å²) in [7, 11) is -3.04. The molecule has 3 aliphatic rings. The van der Waals surface area contributed by atoms with E-state index in [2.05, 4.69) is 9.97 Å². The molecule has 0 bridgehead atoms. The Morgan fingerprint density at radius 1 is 1.03 bits per heavy atom. The maximum Gasteiger partial charge on any atom is 0.346 e. The number of aromatic nitrogens is 2. The zero-order valence-corrected chi connectivity index (χ0v) is 19.4. The number of halogens is 1. The van der Waals surface area contributed by atoms with Gasteiger partial charge < -0.3 is 4.74 Å². The minimum Gasteiger partial charge on any atom is -0.450 e. The molecule has 180 valence electrons. The summed E-state index contributed by atoms with van der Waals surface area (Å²) in [6, 6.07) is 9.81. The topological polar surface area (TPSA) is 110 Å². The number of fused-ring (bicyclic) bond motifs is 1. The van der Waals surface area contributed by atoms with Gasteiger partial charge in [-0.25, -0.2) is 23.7 Å². The molecule has 0 N–H and O–H groups in total. The van der Waals surface area contributed by atoms with Crippen molar-refractivity contribution in [1.29, 1.82) is 0 Å². The summed E-state index contributed by atoms with van der Waals surface area (Å²) in [5.74, 6) is 0.390. The number of hydrogen-bond acceptors (Lipinski definition) is 7. The predicted molar refractivity (Wildman–Crippen MR) is 123 cm³/mol. The van der Waals surface area contributed by atoms with Crippen molar-refractivity contribution >= 4 is 13.4 Å². The van der Waals surface area contributed by atoms with E-state index in [-0.39, 0.29) is 11.4 Å². The summed E-state index contributed by atoms with van der Waals surface area (Å²) < 4.78 is 42.5. The molecule has 0 radical (unpaired) electrons. The zero-order chi connectivity index (χ0) is 24.2. The van der Waals surface area contributed by atoms with E-state index < -0.39 is 24.5 Å². The fourth-order valence-corrected chi connectivity index (χ4v) is 6.68. The van der Waals surface area contributed by atoms with Gasteiger partial charge in [-0.05, 0) is 48.7 Å². The van der Waals surface area contributed by atoms with Gasteiger partial charge in [0.25, 0.3) is 0 Å². The first-order chi connectivity index (χ1) is 16.9. The highest BCUT2D eigenvalue weighted by molar-refractivity contribution is 7.54. The van der Waals surface area contributed by atoms with Gasteiger partial charge in [-0.2, -0.15) is 0 Å². The van der Waals surface area contributed by atoms with Gasteiger partial charge in [0.05, 0.1) is 23.4 Å². The first-order valence-corrected chi connectivity index (χ1v) is 12.8. The Labute approximate surface area is 200 Å². The van der Waals surface area contributed by atoms with E-state index >= 15 is 0 Å². The minimum absolute atomic E-state index is 0.143. The van der Waals surface area contributed by atoms with Crippen molar-refractivity contribution in [2.45, 2.75) is 18.9 Å². The molecule has 0 amide bonds. The molecule has 2 saturated heterocycles. The van der Waals surface area contributed by atoms with Crippen LogP contribution < -0.4 is 4.74 Å². The van der Waals surface area contributed by atoms with Crippen LogP contribution in [0.5, 0.6) is 11.5 Å². The van der Waals surface area contributed by atoms with Crippen molar-refractivity contribution in [3.63, 3.8) is 0 Å². The third-order valence-electron chi connectivity index (χ3n) is 6.26. The summed E-state index contributed by atoms with van der Waals surface area (Å²) in [6.07, 6.45) is 2.83. The van der Waals surface area contributed by atoms with Crippen LogP contribution >= 0.6 is 7.67 Å². The zero-order valence-electron chi connectivity index (χ0n) is 18.5. The Hall–Kier alpha value is -3.24. The monoisotopic (exact) mass is 497 g/mol. The lowest BCUT2D eigenvalue weighted by molar-refractivity contribution is -0.385. The molecule has 1 aromatic heterocycles. The number of benzene rings is 2. The largest absolute Gasteiger partial charge is 0.450 e. The SMILES string of the molecule is O=[N+]([O-])c1ccc2c(c1Oc1ccc(-c3ncc(F)cn3)cc1)CC[C@H]2OP(=O)(N1CC1)N1CC1. The van der Waals surface area contributed by atoms with Gasteiger partial charge >= 0.3 is 13.4 Å². The molecule has 12 heteroatoms. The molecule has 3 aromatic rings. The van der Waals surface area contributed by atoms with Crippen LogP contribution in [0.25, 0.3) is 11.4 Å². The molecular weight excluding hydrogens is 476 g/mol. The minimum atomic E-state index is -3.04. The van der Waals surface area contributed by atoms with E-state index in [1.54, 1.807) is 30.3 Å². The Bertz CT molecular complexity index is 1330. The third-order valence-corrected chi connectivity index (χ3v) is 9.01. The molecule has 2 aliphatic heterocycles. The van der Waals surface area contributed by atoms with Gasteiger partial charge in [-0.3, -0.25) is 19.2 Å². The van der Waals surface area contributed by atoms with Crippen molar-refractivity contribution in [3.8, 4) is 22.9 Å². The van der Waals surface area contributed by atoms with Crippen LogP contribution in [0.3, 0.4) is 0 Å². The Morgan fingerprint density at radius 3 is 2.29 bits per heavy atom. The summed E-state index contributed by atoms with van der Waals surface area (Å²) in [4.78, 5) is 19.2. The number of nitrogens with zero attached hydrogens (tertiary/aromatic N) is 5. The number of hydrogen-bond donors (Lipinski definition) is 0. The molecule has 1 aliphatic carbocycles. The van der Waals surface area contributed by atoms with E-state index in [4.69, 9.17) is 9.26 Å². The van der Waals surface area contributed by atoms with Crippen LogP contribution in [-0.4, -0.2) is 50.4 Å². The normalized spacial score (nSPS) is 19.4. The molecule has 6 rings (SSSR count). The lowest BCUT2D eigenvalue weighted by Gasteiger charge is -2.24. The van der Waals surface area contributed by atoms with Gasteiger partial charge in [0.15, 0.2) is 11.6 Å². The van der Waals surface area contributed by atoms with Gasteiger partial charge in [-0.1, -0.05) is 0 Å². The third kappa shape index (κ3) is 4.21. The molecule has 0 saturated carbocycles. The summed E-state index contributed by atoms with van der Waals surface area (Å²) in [6.45, 7) is 3.00. The van der Waals surface area contributed by atoms with E-state index in [9.17, 15) is 19.1 Å². The maximum absolute atomic E-state index is 13.5. The fraction of sp³-hybridized carbons (Fsp3) is 0.304. The second-order valence-corrected chi connectivity index (χ2v) is 10.9. The molecule has 2 aromatic carbocycles. The van der Waals surface area contributed by atoms with E-state index in [1.165, 1.54) is 6.07 Å². The van der Waals surface area contributed by atoms with Crippen LogP contribution in [0, 0.1) is 15.9 Å². The number of nitro benzene ring substituents is 1. The van der Waals surface area contributed by atoms with E-state index in [1.807, 2.05) is 9.34 Å². The molecule has 10 nitrogen and oxygen atoms in total. The van der Waals surface area contributed by atoms with Crippen LogP contribution in [0.2, 0.25) is 0 Å². The number of ether oxygens (including phenoxy) is 1. The lowest BCUT2D eigenvalue weighted by atomic mass is 10.1. The molecular formula is C23H21FN5O5P. The predicted octanol–water partition coefficient (Wildman–Crippen LogP) is 4.73. The summed E-state index contributed by atoms with van der Waals surface area (Å²) in [5, 5.41) is 11.8. The van der Waals surface area contributed by atoms with Crippen molar-refractivity contribution in [3.05, 3.63) is 75.9 Å². The highest BCUT2D eigenvalue weighted by atomic mass is 31.2. The number of nitro groups is 1. The average Bonchev–Trinajstić information content (AvgIpc) is 3.77. The number of rotatable bonds is 8. The van der Waals surface area contributed by atoms with Gasteiger partial charge in [-0.15, -0.1) is 0 Å². The molecule has 3 heterocycles. The maximum atomic E-state index is 13.5. The van der Waals surface area contributed by atoms with Gasteiger partial charge in [0.1, 0.15) is 5.75 Å². The van der Waals surface area contributed by atoms with E-state index in [0.717, 1.165) is 44.1 Å². The summed E-state index contributed by atoms with van der Waals surface area (Å²) >= 11 is 0. The van der Waals surface area contributed by atoms with E-state index in [0.29, 0.717) is 35.5 Å². The van der Waals surface area contributed by atoms with Crippen molar-refractivity contribution in [1.82, 2.24) is 19.3 Å². The molecule has 35 heavy (non-hydrogen) atoms. The second-order valence-electron chi connectivity index (χ2n) is 8.62. The molecule has 0 unspecified atom stereocenters. The van der Waals surface area contributed by atoms with Gasteiger partial charge in [0.2, 0.25) is 5.75 Å². The van der Waals surface area contributed by atoms with Crippen LogP contribution in [0.15, 0.2) is 48.8 Å². The van der Waals surface area contributed by atoms with Gasteiger partial charge in [0, 0.05) is 43.4 Å². The van der Waals surface area contributed by atoms with Crippen molar-refractivity contribution in [2.24, 2.45) is 0 Å². The van der Waals surface area contributed by atoms with Crippen LogP contribution in [0.4, 0.5) is 10.1 Å². The average molecular weight is 497 g/mol. The Balaban J connectivity index is 1.29. The Kier molecular flexibility index (Phi) is 5.37. The summed E-state index contributed by atoms with van der Waals surface area (Å²) in [5.41, 5.74) is 1.97. The quantitative estimate of drug-likeness (QED) is 0.189. The lowest BCUT2D eigenvalue weighted by Crippen LogP contribution is -2.11. The molecule has 0 spiro atoms. The Morgan fingerprint density at radius 2 is 1.69 bits per heavy atom.